The number of hydrogen-bond donors (Lipinski definition) is 2. The second-order valence-corrected chi connectivity index (χ2v) is 7.89. The van der Waals surface area contributed by atoms with Gasteiger partial charge in [-0.15, -0.1) is 5.11 Å². The number of ether oxygens (including phenoxy) is 2. The van der Waals surface area contributed by atoms with Crippen molar-refractivity contribution in [2.24, 2.45) is 10.2 Å². The summed E-state index contributed by atoms with van der Waals surface area (Å²) in [6, 6.07) is 25.4. The predicted octanol–water partition coefficient (Wildman–Crippen LogP) is 5.17. The molecule has 33 heavy (non-hydrogen) atoms. The molecule has 0 radical (unpaired) electrons. The van der Waals surface area contributed by atoms with Gasteiger partial charge >= 0.3 is 0 Å². The van der Waals surface area contributed by atoms with Crippen LogP contribution < -0.4 is 14.8 Å². The molecule has 0 bridgehead atoms. The van der Waals surface area contributed by atoms with Crippen LogP contribution in [0.1, 0.15) is 5.56 Å². The van der Waals surface area contributed by atoms with Gasteiger partial charge in [0.2, 0.25) is 11.6 Å². The van der Waals surface area contributed by atoms with Crippen molar-refractivity contribution in [3.8, 4) is 28.5 Å². The molecule has 4 aromatic rings. The maximum absolute atomic E-state index is 9.80. The summed E-state index contributed by atoms with van der Waals surface area (Å²) < 4.78 is 11.7. The molecule has 0 aliphatic carbocycles. The van der Waals surface area contributed by atoms with Crippen LogP contribution in [0.2, 0.25) is 0 Å². The van der Waals surface area contributed by atoms with Gasteiger partial charge in [0.1, 0.15) is 0 Å². The predicted molar refractivity (Wildman–Crippen MR) is 124 cm³/mol. The highest BCUT2D eigenvalue weighted by atomic mass is 16.6. The Morgan fingerprint density at radius 2 is 1.67 bits per heavy atom. The van der Waals surface area contributed by atoms with Gasteiger partial charge in [0.05, 0.1) is 5.52 Å². The number of nitrogens with zero attached hydrogens (tertiary/aromatic N) is 3. The maximum Gasteiger partial charge on any atom is 0.281 e. The van der Waals surface area contributed by atoms with Crippen LogP contribution in [-0.2, 0) is 6.42 Å². The number of para-hydroxylation sites is 3. The molecule has 2 aliphatic heterocycles. The van der Waals surface area contributed by atoms with Crippen molar-refractivity contribution >= 4 is 10.9 Å². The summed E-state index contributed by atoms with van der Waals surface area (Å²) >= 11 is 0. The van der Waals surface area contributed by atoms with Crippen molar-refractivity contribution in [2.75, 3.05) is 6.54 Å². The molecule has 0 amide bonds. The molecule has 0 saturated heterocycles. The van der Waals surface area contributed by atoms with Crippen molar-refractivity contribution in [1.29, 1.82) is 0 Å². The van der Waals surface area contributed by atoms with Gasteiger partial charge in [-0.2, -0.15) is 5.11 Å². The minimum absolute atomic E-state index is 0.0239. The smallest absolute Gasteiger partial charge is 0.281 e. The Bertz CT molecular complexity index is 1410. The Kier molecular flexibility index (Phi) is 4.74. The average Bonchev–Trinajstić information content (AvgIpc) is 3.24. The first-order chi connectivity index (χ1) is 16.2. The van der Waals surface area contributed by atoms with Crippen LogP contribution in [-0.4, -0.2) is 22.8 Å². The van der Waals surface area contributed by atoms with Crippen molar-refractivity contribution in [1.82, 2.24) is 10.3 Å². The zero-order valence-electron chi connectivity index (χ0n) is 17.6. The molecular weight excluding hydrogens is 416 g/mol. The SMILES string of the molecule is Oc1ccc2cccc(-c3ccc(CCNC4N=NC5=C4Oc4ccccc4O5)cc3)c2n1. The lowest BCUT2D eigenvalue weighted by Crippen LogP contribution is -2.32. The first-order valence-corrected chi connectivity index (χ1v) is 10.8. The number of pyridine rings is 1. The Morgan fingerprint density at radius 1 is 0.848 bits per heavy atom. The van der Waals surface area contributed by atoms with Gasteiger partial charge in [-0.3, -0.25) is 5.32 Å². The molecule has 1 atom stereocenters. The summed E-state index contributed by atoms with van der Waals surface area (Å²) in [5.74, 6) is 2.34. The Hall–Kier alpha value is -4.23. The number of aromatic hydroxyl groups is 1. The van der Waals surface area contributed by atoms with E-state index in [2.05, 4.69) is 44.8 Å². The molecule has 0 saturated carbocycles. The van der Waals surface area contributed by atoms with E-state index in [1.54, 1.807) is 6.07 Å². The van der Waals surface area contributed by atoms with E-state index in [1.165, 1.54) is 5.56 Å². The zero-order valence-corrected chi connectivity index (χ0v) is 17.6. The van der Waals surface area contributed by atoms with Crippen LogP contribution in [0.5, 0.6) is 17.4 Å². The van der Waals surface area contributed by atoms with Gasteiger partial charge in [-0.05, 0) is 35.7 Å². The monoisotopic (exact) mass is 436 g/mol. The Morgan fingerprint density at radius 3 is 2.52 bits per heavy atom. The van der Waals surface area contributed by atoms with Crippen LogP contribution in [0.3, 0.4) is 0 Å². The molecule has 3 heterocycles. The molecule has 7 heteroatoms. The number of hydrogen-bond acceptors (Lipinski definition) is 7. The van der Waals surface area contributed by atoms with Gasteiger partial charge in [-0.1, -0.05) is 54.6 Å². The lowest BCUT2D eigenvalue weighted by Gasteiger charge is -2.20. The normalized spacial score (nSPS) is 16.3. The van der Waals surface area contributed by atoms with Crippen molar-refractivity contribution in [3.63, 3.8) is 0 Å². The number of azo groups is 1. The van der Waals surface area contributed by atoms with Gasteiger partial charge in [0.15, 0.2) is 17.7 Å². The molecule has 0 spiro atoms. The molecule has 2 aliphatic rings. The second-order valence-electron chi connectivity index (χ2n) is 7.89. The second kappa shape index (κ2) is 8.03. The summed E-state index contributed by atoms with van der Waals surface area (Å²) in [5, 5.41) is 22.5. The van der Waals surface area contributed by atoms with Gasteiger partial charge < -0.3 is 14.6 Å². The van der Waals surface area contributed by atoms with E-state index < -0.39 is 0 Å². The van der Waals surface area contributed by atoms with Crippen LogP contribution >= 0.6 is 0 Å². The number of aromatic nitrogens is 1. The molecular formula is C26H20N4O3. The molecule has 162 valence electrons. The lowest BCUT2D eigenvalue weighted by atomic mass is 10.00. The highest BCUT2D eigenvalue weighted by molar-refractivity contribution is 5.93. The van der Waals surface area contributed by atoms with Crippen LogP contribution in [0.15, 0.2) is 101 Å². The minimum Gasteiger partial charge on any atom is -0.493 e. The molecule has 3 aromatic carbocycles. The van der Waals surface area contributed by atoms with Gasteiger partial charge in [0, 0.05) is 23.6 Å². The van der Waals surface area contributed by atoms with E-state index in [0.717, 1.165) is 28.5 Å². The first-order valence-electron chi connectivity index (χ1n) is 10.8. The topological polar surface area (TPSA) is 88.3 Å². The van der Waals surface area contributed by atoms with Crippen molar-refractivity contribution < 1.29 is 14.6 Å². The van der Waals surface area contributed by atoms with Crippen molar-refractivity contribution in [3.05, 3.63) is 96.1 Å². The molecule has 1 unspecified atom stereocenters. The lowest BCUT2D eigenvalue weighted by molar-refractivity contribution is 0.278. The number of benzene rings is 3. The number of rotatable bonds is 5. The molecule has 7 nitrogen and oxygen atoms in total. The van der Waals surface area contributed by atoms with E-state index >= 15 is 0 Å². The highest BCUT2D eigenvalue weighted by Gasteiger charge is 2.32. The largest absolute Gasteiger partial charge is 0.493 e. The third kappa shape index (κ3) is 3.68. The third-order valence-electron chi connectivity index (χ3n) is 5.72. The van der Waals surface area contributed by atoms with Crippen LogP contribution in [0, 0.1) is 0 Å². The maximum atomic E-state index is 9.80. The molecule has 0 fully saturated rings. The van der Waals surface area contributed by atoms with Crippen LogP contribution in [0.4, 0.5) is 0 Å². The quantitative estimate of drug-likeness (QED) is 0.451. The molecule has 1 aromatic heterocycles. The fraction of sp³-hybridized carbons (Fsp3) is 0.115. The fourth-order valence-corrected chi connectivity index (χ4v) is 4.05. The van der Waals surface area contributed by atoms with E-state index in [4.69, 9.17) is 9.47 Å². The van der Waals surface area contributed by atoms with E-state index in [9.17, 15) is 5.11 Å². The summed E-state index contributed by atoms with van der Waals surface area (Å²) in [7, 11) is 0. The minimum atomic E-state index is -0.359. The first kappa shape index (κ1) is 19.5. The van der Waals surface area contributed by atoms with E-state index in [1.807, 2.05) is 48.5 Å². The Labute approximate surface area is 190 Å². The van der Waals surface area contributed by atoms with Gasteiger partial charge in [-0.25, -0.2) is 4.98 Å². The Balaban J connectivity index is 1.12. The highest BCUT2D eigenvalue weighted by Crippen LogP contribution is 2.38. The van der Waals surface area contributed by atoms with Gasteiger partial charge in [0.25, 0.3) is 5.88 Å². The van der Waals surface area contributed by atoms with E-state index in [-0.39, 0.29) is 12.0 Å². The standard InChI is InChI=1S/C26H20N4O3/c31-22-13-12-18-4-3-5-19(23(18)28-22)17-10-8-16(9-11-17)14-15-27-25-24-26(30-29-25)33-21-7-2-1-6-20(21)32-24/h1-13,25,27H,14-15H2,(H,28,31). The molecule has 6 rings (SSSR count). The third-order valence-corrected chi connectivity index (χ3v) is 5.72. The van der Waals surface area contributed by atoms with Crippen molar-refractivity contribution in [2.45, 2.75) is 12.6 Å². The summed E-state index contributed by atoms with van der Waals surface area (Å²) in [5.41, 5.74) is 4.03. The van der Waals surface area contributed by atoms with E-state index in [0.29, 0.717) is 29.7 Å². The summed E-state index contributed by atoms with van der Waals surface area (Å²) in [6.45, 7) is 0.703. The summed E-state index contributed by atoms with van der Waals surface area (Å²) in [6.07, 6.45) is 0.461. The number of nitrogens with one attached hydrogen (secondary N) is 1. The average molecular weight is 436 g/mol. The molecule has 2 N–H and O–H groups in total. The zero-order chi connectivity index (χ0) is 22.2. The summed E-state index contributed by atoms with van der Waals surface area (Å²) in [4.78, 5) is 4.32. The number of fused-ring (bicyclic) bond motifs is 2. The van der Waals surface area contributed by atoms with Crippen LogP contribution in [0.25, 0.3) is 22.0 Å². The fourth-order valence-electron chi connectivity index (χ4n) is 4.05.